The van der Waals surface area contributed by atoms with Crippen LogP contribution in [-0.4, -0.2) is 203 Å². The van der Waals surface area contributed by atoms with Crippen molar-refractivity contribution in [3.8, 4) is 0 Å². The molecule has 0 spiro atoms. The minimum Gasteiger partial charge on any atom is -0.391 e. The molecule has 0 fully saturated rings. The molecule has 0 aromatic heterocycles. The first-order valence-electron chi connectivity index (χ1n) is 30.2. The van der Waals surface area contributed by atoms with Crippen molar-refractivity contribution in [3.63, 3.8) is 0 Å². The van der Waals surface area contributed by atoms with E-state index in [4.69, 9.17) is 11.6 Å². The zero-order valence-corrected chi connectivity index (χ0v) is 55.7. The molecule has 11 atom stereocenters. The molecule has 2 aromatic carbocycles. The van der Waals surface area contributed by atoms with E-state index in [1.54, 1.807) is 51.0 Å². The molecule has 86 heavy (non-hydrogen) atoms. The second-order valence-electron chi connectivity index (χ2n) is 25.0. The normalized spacial score (nSPS) is 15.3. The van der Waals surface area contributed by atoms with Gasteiger partial charge in [0.25, 0.3) is 0 Å². The molecule has 0 aliphatic carbocycles. The van der Waals surface area contributed by atoms with Crippen molar-refractivity contribution >= 4 is 70.7 Å². The number of hydrogen-bond acceptors (Lipinski definition) is 11. The Hall–Kier alpha value is -6.61. The van der Waals surface area contributed by atoms with Gasteiger partial charge < -0.3 is 55.8 Å². The zero-order chi connectivity index (χ0) is 65.8. The molecule has 0 aliphatic rings. The molecular weight excluding hydrogens is 1120 g/mol. The summed E-state index contributed by atoms with van der Waals surface area (Å²) in [7, 11) is 9.11. The Morgan fingerprint density at radius 2 is 0.942 bits per heavy atom. The number of aliphatic hydroxyl groups is 1. The molecule has 10 amide bonds. The van der Waals surface area contributed by atoms with Gasteiger partial charge in [0, 0.05) is 67.2 Å². The number of likely N-dealkylation sites (N-methyl/N-ethyl adjacent to an activating group) is 6. The first-order chi connectivity index (χ1) is 40.0. The maximum atomic E-state index is 15.3. The molecule has 22 heteroatoms. The van der Waals surface area contributed by atoms with E-state index < -0.39 is 120 Å². The summed E-state index contributed by atoms with van der Waals surface area (Å²) in [5.74, 6) is -6.94. The molecule has 0 saturated carbocycles. The van der Waals surface area contributed by atoms with E-state index in [0.717, 1.165) is 5.56 Å². The van der Waals surface area contributed by atoms with Crippen molar-refractivity contribution in [3.05, 3.63) is 70.7 Å². The van der Waals surface area contributed by atoms with Gasteiger partial charge in [-0.15, -0.1) is 0 Å². The van der Waals surface area contributed by atoms with Crippen LogP contribution in [0.2, 0.25) is 5.02 Å². The Balaban J connectivity index is 2.52. The molecule has 5 N–H and O–H groups in total. The van der Waals surface area contributed by atoms with Gasteiger partial charge in [0.15, 0.2) is 0 Å². The van der Waals surface area contributed by atoms with Crippen molar-refractivity contribution in [2.75, 3.05) is 48.8 Å². The topological polar surface area (TPSA) is 258 Å². The highest BCUT2D eigenvalue weighted by atomic mass is 35.5. The van der Waals surface area contributed by atoms with Crippen LogP contribution in [0.15, 0.2) is 54.6 Å². The van der Waals surface area contributed by atoms with Crippen LogP contribution in [0.5, 0.6) is 0 Å². The van der Waals surface area contributed by atoms with Crippen molar-refractivity contribution in [2.45, 2.75) is 196 Å². The lowest BCUT2D eigenvalue weighted by Gasteiger charge is -2.40. The molecule has 2 aromatic rings. The molecule has 0 aliphatic heterocycles. The number of aliphatic hydroxyl groups excluding tert-OH is 1. The summed E-state index contributed by atoms with van der Waals surface area (Å²) in [4.78, 5) is 150. The molecule has 21 nitrogen and oxygen atoms in total. The standard InChI is InChI=1S/C64H103ClN10O11/c1-21-41(10)53(63(85)73(18)51(34-39(6)7)61(83)70(15)31-30-47-28-25-29-48(65)35-47)69-57(79)50(33-38(4)5)72(17)62(84)52(36-46-26-23-22-24-27-46)74(19)64(86)55(40(8)9)75(20)60(82)43(12)66-56(78)49(32-37(2)3)71(16)59(81)42(11)67-58(80)54(44(13)76)68-45(14)77/h22-29,35,37-44,49-55,76H,21,30-34,36H2,1-20H3,(H,66,78)(H,67,80)(H,68,77)(H,69,79)/t41-,42-,43-,44+,49-,50-,51-,52-,53-,54-,55+/m0/s1. The van der Waals surface area contributed by atoms with Crippen molar-refractivity contribution in [2.24, 2.45) is 29.6 Å². The lowest BCUT2D eigenvalue weighted by molar-refractivity contribution is -0.154. The molecular formula is C64H103ClN10O11. The van der Waals surface area contributed by atoms with Gasteiger partial charge in [0.2, 0.25) is 59.1 Å². The van der Waals surface area contributed by atoms with Gasteiger partial charge in [-0.2, -0.15) is 0 Å². The summed E-state index contributed by atoms with van der Waals surface area (Å²) in [6, 6.07) is 6.19. The largest absolute Gasteiger partial charge is 0.391 e. The molecule has 0 saturated heterocycles. The fraction of sp³-hybridized carbons (Fsp3) is 0.656. The van der Waals surface area contributed by atoms with Crippen LogP contribution < -0.4 is 21.3 Å². The molecule has 0 heterocycles. The SMILES string of the molecule is CC[C@H](C)[C@H](NC(=O)[C@H](CC(C)C)N(C)C(=O)[C@H](Cc1ccccc1)N(C)C(=O)[C@@H](C(C)C)N(C)C(=O)[C@H](C)NC(=O)[C@H](CC(C)C)N(C)C(=O)[C@H](C)NC(=O)[C@@H](NC(C)=O)[C@@H](C)O)C(=O)N(C)[C@@H](CC(C)C)C(=O)N(C)CCc1cccc(Cl)c1. The number of rotatable bonds is 33. The van der Waals surface area contributed by atoms with Gasteiger partial charge >= 0.3 is 0 Å². The second-order valence-corrected chi connectivity index (χ2v) is 25.4. The fourth-order valence-corrected chi connectivity index (χ4v) is 10.7. The monoisotopic (exact) mass is 1220 g/mol. The zero-order valence-electron chi connectivity index (χ0n) is 54.9. The first kappa shape index (κ1) is 75.5. The Kier molecular flexibility index (Phi) is 31.0. The van der Waals surface area contributed by atoms with E-state index >= 15 is 9.59 Å². The van der Waals surface area contributed by atoms with Gasteiger partial charge in [-0.25, -0.2) is 0 Å². The van der Waals surface area contributed by atoms with Crippen LogP contribution >= 0.6 is 11.6 Å². The third-order valence-electron chi connectivity index (χ3n) is 15.8. The lowest BCUT2D eigenvalue weighted by Crippen LogP contribution is -2.62. The quantitative estimate of drug-likeness (QED) is 0.0640. The average Bonchev–Trinajstić information content (AvgIpc) is 1.33. The minimum absolute atomic E-state index is 0.0248. The third kappa shape index (κ3) is 22.3. The number of nitrogens with one attached hydrogen (secondary N) is 4. The van der Waals surface area contributed by atoms with Crippen LogP contribution in [0.3, 0.4) is 0 Å². The van der Waals surface area contributed by atoms with Crippen LogP contribution in [-0.2, 0) is 60.8 Å². The minimum atomic E-state index is -1.34. The maximum Gasteiger partial charge on any atom is 0.246 e. The number of carbonyl (C=O) groups is 10. The predicted molar refractivity (Wildman–Crippen MR) is 335 cm³/mol. The maximum absolute atomic E-state index is 15.3. The summed E-state index contributed by atoms with van der Waals surface area (Å²) in [5, 5.41) is 21.4. The number of carbonyl (C=O) groups excluding carboxylic acids is 10. The summed E-state index contributed by atoms with van der Waals surface area (Å²) >= 11 is 6.23. The van der Waals surface area contributed by atoms with Gasteiger partial charge in [0.05, 0.1) is 6.10 Å². The van der Waals surface area contributed by atoms with Crippen molar-refractivity contribution in [1.29, 1.82) is 0 Å². The van der Waals surface area contributed by atoms with Crippen LogP contribution in [0, 0.1) is 29.6 Å². The Morgan fingerprint density at radius 3 is 1.42 bits per heavy atom. The number of amides is 10. The van der Waals surface area contributed by atoms with Crippen LogP contribution in [0.4, 0.5) is 0 Å². The highest BCUT2D eigenvalue weighted by molar-refractivity contribution is 6.30. The third-order valence-corrected chi connectivity index (χ3v) is 16.0. The highest BCUT2D eigenvalue weighted by Crippen LogP contribution is 2.24. The highest BCUT2D eigenvalue weighted by Gasteiger charge is 2.43. The molecule has 0 unspecified atom stereocenters. The fourth-order valence-electron chi connectivity index (χ4n) is 10.4. The van der Waals surface area contributed by atoms with Gasteiger partial charge in [0.1, 0.15) is 54.4 Å². The van der Waals surface area contributed by atoms with E-state index in [0.29, 0.717) is 36.4 Å². The van der Waals surface area contributed by atoms with Crippen LogP contribution in [0.1, 0.15) is 134 Å². The van der Waals surface area contributed by atoms with Crippen molar-refractivity contribution < 1.29 is 53.1 Å². The second kappa shape index (κ2) is 35.3. The van der Waals surface area contributed by atoms with E-state index in [1.807, 2.05) is 91.8 Å². The number of nitrogens with zero attached hydrogens (tertiary/aromatic N) is 6. The van der Waals surface area contributed by atoms with Crippen LogP contribution in [0.25, 0.3) is 0 Å². The Morgan fingerprint density at radius 1 is 0.488 bits per heavy atom. The Labute approximate surface area is 517 Å². The average molecular weight is 1220 g/mol. The van der Waals surface area contributed by atoms with E-state index in [2.05, 4.69) is 21.3 Å². The molecule has 0 bridgehead atoms. The summed E-state index contributed by atoms with van der Waals surface area (Å²) < 4.78 is 0. The smallest absolute Gasteiger partial charge is 0.246 e. The lowest BCUT2D eigenvalue weighted by atomic mass is 9.94. The van der Waals surface area contributed by atoms with Gasteiger partial charge in [-0.1, -0.05) is 130 Å². The molecule has 2 rings (SSSR count). The Bertz CT molecular complexity index is 2600. The number of hydrogen-bond donors (Lipinski definition) is 5. The molecule has 482 valence electrons. The van der Waals surface area contributed by atoms with Gasteiger partial charge in [-0.05, 0) is 99.3 Å². The number of benzene rings is 2. The van der Waals surface area contributed by atoms with E-state index in [1.165, 1.54) is 80.4 Å². The van der Waals surface area contributed by atoms with Crippen molar-refractivity contribution in [1.82, 2.24) is 50.7 Å². The first-order valence-corrected chi connectivity index (χ1v) is 30.6. The summed E-state index contributed by atoms with van der Waals surface area (Å²) in [5.41, 5.74) is 1.67. The van der Waals surface area contributed by atoms with E-state index in [9.17, 15) is 43.5 Å². The summed E-state index contributed by atoms with van der Waals surface area (Å²) in [6.45, 7) is 24.5. The van der Waals surface area contributed by atoms with Gasteiger partial charge in [-0.3, -0.25) is 47.9 Å². The number of halogens is 1. The predicted octanol–water partition coefficient (Wildman–Crippen LogP) is 4.94. The van der Waals surface area contributed by atoms with E-state index in [-0.39, 0.29) is 48.8 Å². The summed E-state index contributed by atoms with van der Waals surface area (Å²) in [6.07, 6.45) is 0.503. The molecule has 0 radical (unpaired) electrons.